The minimum absolute atomic E-state index is 0.194. The van der Waals surface area contributed by atoms with Gasteiger partial charge in [-0.1, -0.05) is 59.8 Å². The number of ether oxygens (including phenoxy) is 1. The van der Waals surface area contributed by atoms with Gasteiger partial charge in [-0.3, -0.25) is 4.79 Å². The molecule has 0 aliphatic rings. The number of thiazole rings is 1. The topological polar surface area (TPSA) is 63.6 Å². The summed E-state index contributed by atoms with van der Waals surface area (Å²) in [5, 5.41) is 4.76. The van der Waals surface area contributed by atoms with E-state index >= 15 is 0 Å². The number of nitrogens with one attached hydrogen (secondary N) is 1. The summed E-state index contributed by atoms with van der Waals surface area (Å²) in [6.07, 6.45) is 1.58. The lowest BCUT2D eigenvalue weighted by atomic mass is 10.2. The van der Waals surface area contributed by atoms with Gasteiger partial charge in [-0.2, -0.15) is 5.10 Å². The summed E-state index contributed by atoms with van der Waals surface area (Å²) < 4.78 is 7.87. The molecule has 1 amide bonds. The number of para-hydroxylation sites is 2. The van der Waals surface area contributed by atoms with Gasteiger partial charge in [0.15, 0.2) is 4.34 Å². The van der Waals surface area contributed by atoms with Gasteiger partial charge in [0.2, 0.25) is 0 Å². The molecule has 0 spiro atoms. The van der Waals surface area contributed by atoms with Gasteiger partial charge >= 0.3 is 0 Å². The molecule has 1 aromatic heterocycles. The molecule has 1 N–H and O–H groups in total. The van der Waals surface area contributed by atoms with Crippen LogP contribution in [0.1, 0.15) is 11.1 Å². The minimum atomic E-state index is -0.194. The first-order valence-electron chi connectivity index (χ1n) is 9.44. The molecular formula is C23H18ClN3O2S2. The number of carbonyl (C=O) groups excluding carboxylic acids is 1. The van der Waals surface area contributed by atoms with E-state index in [0.29, 0.717) is 17.4 Å². The van der Waals surface area contributed by atoms with Crippen LogP contribution in [-0.4, -0.2) is 22.9 Å². The molecular weight excluding hydrogens is 450 g/mol. The summed E-state index contributed by atoms with van der Waals surface area (Å²) in [7, 11) is 0. The van der Waals surface area contributed by atoms with Crippen LogP contribution in [0.5, 0.6) is 5.75 Å². The fourth-order valence-electron chi connectivity index (χ4n) is 2.71. The molecule has 156 valence electrons. The Balaban J connectivity index is 1.29. The zero-order valence-corrected chi connectivity index (χ0v) is 18.7. The summed E-state index contributed by atoms with van der Waals surface area (Å²) in [5.41, 5.74) is 5.29. The number of hydrogen-bond donors (Lipinski definition) is 1. The van der Waals surface area contributed by atoms with Crippen LogP contribution in [0.3, 0.4) is 0 Å². The van der Waals surface area contributed by atoms with Crippen molar-refractivity contribution >= 4 is 57.0 Å². The third kappa shape index (κ3) is 6.07. The van der Waals surface area contributed by atoms with Crippen molar-refractivity contribution in [1.29, 1.82) is 0 Å². The number of thioether (sulfide) groups is 1. The summed E-state index contributed by atoms with van der Waals surface area (Å²) in [5.74, 6) is 0.727. The molecule has 1 heterocycles. The number of nitrogens with zero attached hydrogens (tertiary/aromatic N) is 2. The standard InChI is InChI=1S/C23H18ClN3O2S2/c24-18-11-9-16(10-12-18)14-29-20-7-3-1-5-17(20)13-25-27-22(28)15-30-23-26-19-6-2-4-8-21(19)31-23/h1-13H,14-15H2,(H,27,28). The predicted molar refractivity (Wildman–Crippen MR) is 128 cm³/mol. The van der Waals surface area contributed by atoms with E-state index < -0.39 is 0 Å². The van der Waals surface area contributed by atoms with Crippen molar-refractivity contribution in [2.24, 2.45) is 5.10 Å². The first-order chi connectivity index (χ1) is 15.2. The highest BCUT2D eigenvalue weighted by Crippen LogP contribution is 2.29. The fraction of sp³-hybridized carbons (Fsp3) is 0.0870. The third-order valence-corrected chi connectivity index (χ3v) is 6.65. The van der Waals surface area contributed by atoms with E-state index in [4.69, 9.17) is 16.3 Å². The lowest BCUT2D eigenvalue weighted by Crippen LogP contribution is -2.19. The maximum Gasteiger partial charge on any atom is 0.250 e. The Morgan fingerprint density at radius 1 is 1.10 bits per heavy atom. The van der Waals surface area contributed by atoms with Gasteiger partial charge in [0.05, 0.1) is 22.2 Å². The molecule has 0 aliphatic carbocycles. The third-order valence-electron chi connectivity index (χ3n) is 4.22. The van der Waals surface area contributed by atoms with E-state index in [0.717, 1.165) is 25.7 Å². The van der Waals surface area contributed by atoms with E-state index in [1.165, 1.54) is 11.8 Å². The number of aromatic nitrogens is 1. The van der Waals surface area contributed by atoms with Crippen LogP contribution in [0.4, 0.5) is 0 Å². The van der Waals surface area contributed by atoms with Gasteiger partial charge < -0.3 is 4.74 Å². The number of hydrogen-bond acceptors (Lipinski definition) is 6. The van der Waals surface area contributed by atoms with Gasteiger partial charge in [-0.05, 0) is 42.0 Å². The molecule has 0 saturated carbocycles. The minimum Gasteiger partial charge on any atom is -0.488 e. The number of rotatable bonds is 8. The molecule has 5 nitrogen and oxygen atoms in total. The van der Waals surface area contributed by atoms with Crippen molar-refractivity contribution in [2.75, 3.05) is 5.75 Å². The van der Waals surface area contributed by atoms with Gasteiger partial charge in [0.25, 0.3) is 5.91 Å². The summed E-state index contributed by atoms with van der Waals surface area (Å²) in [6.45, 7) is 0.410. The molecule has 3 aromatic carbocycles. The van der Waals surface area contributed by atoms with Crippen molar-refractivity contribution in [2.45, 2.75) is 10.9 Å². The maximum atomic E-state index is 12.1. The number of halogens is 1. The molecule has 0 aliphatic heterocycles. The van der Waals surface area contributed by atoms with Gasteiger partial charge in [0.1, 0.15) is 12.4 Å². The van der Waals surface area contributed by atoms with Crippen molar-refractivity contribution in [3.05, 3.63) is 88.9 Å². The SMILES string of the molecule is O=C(CSc1nc2ccccc2s1)NN=Cc1ccccc1OCc1ccc(Cl)cc1. The Hall–Kier alpha value is -2.87. The highest BCUT2D eigenvalue weighted by atomic mass is 35.5. The van der Waals surface area contributed by atoms with Crippen LogP contribution < -0.4 is 10.2 Å². The zero-order valence-electron chi connectivity index (χ0n) is 16.3. The Labute approximate surface area is 193 Å². The van der Waals surface area contributed by atoms with Crippen LogP contribution in [0.15, 0.2) is 82.2 Å². The van der Waals surface area contributed by atoms with E-state index in [-0.39, 0.29) is 11.7 Å². The van der Waals surface area contributed by atoms with Crippen molar-refractivity contribution in [3.63, 3.8) is 0 Å². The second kappa shape index (κ2) is 10.4. The average molecular weight is 468 g/mol. The Morgan fingerprint density at radius 2 is 1.87 bits per heavy atom. The first kappa shape index (κ1) is 21.4. The number of benzene rings is 3. The molecule has 0 saturated heterocycles. The summed E-state index contributed by atoms with van der Waals surface area (Å²) >= 11 is 8.89. The molecule has 0 atom stereocenters. The highest BCUT2D eigenvalue weighted by Gasteiger charge is 2.07. The quantitative estimate of drug-likeness (QED) is 0.203. The van der Waals surface area contributed by atoms with Crippen LogP contribution >= 0.6 is 34.7 Å². The Kier molecular flexibility index (Phi) is 7.19. The molecule has 4 aromatic rings. The first-order valence-corrected chi connectivity index (χ1v) is 11.6. The molecule has 8 heteroatoms. The maximum absolute atomic E-state index is 12.1. The smallest absolute Gasteiger partial charge is 0.250 e. The van der Waals surface area contributed by atoms with Crippen molar-refractivity contribution in [1.82, 2.24) is 10.4 Å². The Morgan fingerprint density at radius 3 is 2.71 bits per heavy atom. The normalized spacial score (nSPS) is 11.1. The van der Waals surface area contributed by atoms with Gasteiger partial charge in [0, 0.05) is 10.6 Å². The summed E-state index contributed by atoms with van der Waals surface area (Å²) in [4.78, 5) is 16.6. The number of amides is 1. The highest BCUT2D eigenvalue weighted by molar-refractivity contribution is 8.01. The number of fused-ring (bicyclic) bond motifs is 1. The van der Waals surface area contributed by atoms with E-state index in [1.807, 2.05) is 72.8 Å². The molecule has 0 unspecified atom stereocenters. The monoisotopic (exact) mass is 467 g/mol. The molecule has 31 heavy (non-hydrogen) atoms. The van der Waals surface area contributed by atoms with Gasteiger partial charge in [-0.15, -0.1) is 11.3 Å². The van der Waals surface area contributed by atoms with E-state index in [2.05, 4.69) is 15.5 Å². The second-order valence-electron chi connectivity index (χ2n) is 6.48. The lowest BCUT2D eigenvalue weighted by molar-refractivity contribution is -0.118. The van der Waals surface area contributed by atoms with Crippen LogP contribution in [0.25, 0.3) is 10.2 Å². The van der Waals surface area contributed by atoms with Gasteiger partial charge in [-0.25, -0.2) is 10.4 Å². The van der Waals surface area contributed by atoms with E-state index in [9.17, 15) is 4.79 Å². The zero-order chi connectivity index (χ0) is 21.5. The number of carbonyl (C=O) groups is 1. The molecule has 0 bridgehead atoms. The average Bonchev–Trinajstić information content (AvgIpc) is 3.21. The second-order valence-corrected chi connectivity index (χ2v) is 9.17. The predicted octanol–water partition coefficient (Wildman–Crippen LogP) is 5.77. The summed E-state index contributed by atoms with van der Waals surface area (Å²) in [6, 6.07) is 22.9. The molecule has 0 fully saturated rings. The van der Waals surface area contributed by atoms with Crippen LogP contribution in [0.2, 0.25) is 5.02 Å². The lowest BCUT2D eigenvalue weighted by Gasteiger charge is -2.09. The van der Waals surface area contributed by atoms with Crippen LogP contribution in [-0.2, 0) is 11.4 Å². The fourth-order valence-corrected chi connectivity index (χ4v) is 4.69. The van der Waals surface area contributed by atoms with Crippen LogP contribution in [0, 0.1) is 0 Å². The molecule has 0 radical (unpaired) electrons. The molecule has 4 rings (SSSR count). The van der Waals surface area contributed by atoms with Crippen molar-refractivity contribution < 1.29 is 9.53 Å². The largest absolute Gasteiger partial charge is 0.488 e. The number of hydrazone groups is 1. The van der Waals surface area contributed by atoms with E-state index in [1.54, 1.807) is 17.6 Å². The van der Waals surface area contributed by atoms with Crippen molar-refractivity contribution in [3.8, 4) is 5.75 Å². The Bertz CT molecular complexity index is 1180.